The molecule has 8 rings (SSSR count). The van der Waals surface area contributed by atoms with Crippen LogP contribution in [0.3, 0.4) is 0 Å². The zero-order chi connectivity index (χ0) is 31.7. The second-order valence-electron chi connectivity index (χ2n) is 11.1. The van der Waals surface area contributed by atoms with Crippen molar-refractivity contribution in [3.8, 4) is 57.0 Å². The van der Waals surface area contributed by atoms with E-state index < -0.39 is 0 Å². The average molecular weight is 601 g/mol. The van der Waals surface area contributed by atoms with Crippen LogP contribution in [-0.2, 0) is 0 Å². The number of nitriles is 1. The third-order valence-corrected chi connectivity index (χ3v) is 8.31. The highest BCUT2D eigenvalue weighted by Crippen LogP contribution is 2.38. The molecule has 47 heavy (non-hydrogen) atoms. The number of hydrogen-bond donors (Lipinski definition) is 0. The molecule has 0 saturated heterocycles. The van der Waals surface area contributed by atoms with E-state index in [4.69, 9.17) is 21.5 Å². The maximum absolute atomic E-state index is 10.0. The molecule has 6 nitrogen and oxygen atoms in total. The van der Waals surface area contributed by atoms with Crippen LogP contribution < -0.4 is 0 Å². The van der Waals surface area contributed by atoms with E-state index in [2.05, 4.69) is 45.8 Å². The number of nitrogens with zero attached hydrogens (tertiary/aromatic N) is 6. The molecule has 0 bridgehead atoms. The Balaban J connectivity index is 1.39. The highest BCUT2D eigenvalue weighted by Gasteiger charge is 2.20. The van der Waals surface area contributed by atoms with Gasteiger partial charge in [0, 0.05) is 27.5 Å². The number of benzene rings is 6. The van der Waals surface area contributed by atoms with Gasteiger partial charge in [-0.25, -0.2) is 19.8 Å². The Hall–Kier alpha value is -6.89. The Morgan fingerprint density at radius 1 is 0.532 bits per heavy atom. The predicted molar refractivity (Wildman–Crippen MR) is 187 cm³/mol. The normalized spacial score (nSPS) is 10.9. The largest absolute Gasteiger partial charge is 0.308 e. The molecule has 8 aromatic rings. The molecule has 0 N–H and O–H groups in total. The molecule has 6 heteroatoms. The summed E-state index contributed by atoms with van der Waals surface area (Å²) in [7, 11) is 0. The summed E-state index contributed by atoms with van der Waals surface area (Å²) in [5.74, 6) is 1.65. The Morgan fingerprint density at radius 2 is 1.13 bits per heavy atom. The van der Waals surface area contributed by atoms with Crippen molar-refractivity contribution >= 4 is 27.5 Å². The molecule has 0 saturated carbocycles. The van der Waals surface area contributed by atoms with Crippen LogP contribution in [0.25, 0.3) is 77.6 Å². The second kappa shape index (κ2) is 11.6. The van der Waals surface area contributed by atoms with Crippen LogP contribution in [0, 0.1) is 17.9 Å². The summed E-state index contributed by atoms with van der Waals surface area (Å²) < 4.78 is 2.20. The summed E-state index contributed by atoms with van der Waals surface area (Å²) in [6, 6.07) is 50.1. The highest BCUT2D eigenvalue weighted by molar-refractivity contribution is 6.11. The molecule has 0 aliphatic heterocycles. The van der Waals surface area contributed by atoms with Gasteiger partial charge < -0.3 is 4.57 Å². The van der Waals surface area contributed by atoms with Gasteiger partial charge in [-0.2, -0.15) is 5.26 Å². The number of hydrogen-bond acceptors (Lipinski definition) is 4. The van der Waals surface area contributed by atoms with Crippen molar-refractivity contribution < 1.29 is 0 Å². The Labute approximate surface area is 271 Å². The SMILES string of the molecule is [C-]#[N+]c1ccc(-c2ccc3c(c2)c2ccccc2n3-c2cc(C#N)ccc2-c2nc(-c3ccccc3)nc(-c3ccccc3)n2)cc1. The van der Waals surface area contributed by atoms with E-state index >= 15 is 0 Å². The molecule has 0 spiro atoms. The highest BCUT2D eigenvalue weighted by atomic mass is 15.1. The van der Waals surface area contributed by atoms with Crippen molar-refractivity contribution in [1.82, 2.24) is 19.5 Å². The van der Waals surface area contributed by atoms with Gasteiger partial charge in [0.05, 0.1) is 34.9 Å². The smallest absolute Gasteiger partial charge is 0.187 e. The van der Waals surface area contributed by atoms with Crippen molar-refractivity contribution in [2.24, 2.45) is 0 Å². The summed E-state index contributed by atoms with van der Waals surface area (Å²) in [6.45, 7) is 7.31. The quantitative estimate of drug-likeness (QED) is 0.184. The maximum Gasteiger partial charge on any atom is 0.187 e. The maximum atomic E-state index is 10.0. The summed E-state index contributed by atoms with van der Waals surface area (Å²) in [6.07, 6.45) is 0. The molecule has 2 heterocycles. The molecule has 0 amide bonds. The lowest BCUT2D eigenvalue weighted by Crippen LogP contribution is -2.04. The van der Waals surface area contributed by atoms with Crippen LogP contribution in [0.1, 0.15) is 5.56 Å². The van der Waals surface area contributed by atoms with Gasteiger partial charge in [-0.05, 0) is 47.5 Å². The molecule has 0 radical (unpaired) electrons. The standard InChI is InChI=1S/C41H24N6/c1-43-32-20-17-28(18-21-32)31-19-23-37-35(25-31)33-14-8-9-15-36(33)47(37)38-24-27(26-42)16-22-34(38)41-45-39(29-10-4-2-5-11-29)44-40(46-41)30-12-6-3-7-13-30/h2-25H. The first kappa shape index (κ1) is 27.6. The van der Waals surface area contributed by atoms with Crippen molar-refractivity contribution in [3.05, 3.63) is 163 Å². The zero-order valence-corrected chi connectivity index (χ0v) is 25.0. The van der Waals surface area contributed by atoms with Gasteiger partial charge in [0.2, 0.25) is 0 Å². The lowest BCUT2D eigenvalue weighted by Gasteiger charge is -2.15. The summed E-state index contributed by atoms with van der Waals surface area (Å²) >= 11 is 0. The number of aromatic nitrogens is 4. The number of rotatable bonds is 5. The zero-order valence-electron chi connectivity index (χ0n) is 25.0. The van der Waals surface area contributed by atoms with E-state index in [-0.39, 0.29) is 0 Å². The van der Waals surface area contributed by atoms with Gasteiger partial charge in [0.1, 0.15) is 0 Å². The average Bonchev–Trinajstić information content (AvgIpc) is 3.48. The molecule has 6 aromatic carbocycles. The first-order chi connectivity index (χ1) is 23.2. The fraction of sp³-hybridized carbons (Fsp3) is 0. The van der Waals surface area contributed by atoms with Crippen molar-refractivity contribution in [2.45, 2.75) is 0 Å². The van der Waals surface area contributed by atoms with E-state index in [1.807, 2.05) is 115 Å². The van der Waals surface area contributed by atoms with Gasteiger partial charge >= 0.3 is 0 Å². The molecule has 2 aromatic heterocycles. The van der Waals surface area contributed by atoms with Crippen LogP contribution in [0.2, 0.25) is 0 Å². The monoisotopic (exact) mass is 600 g/mol. The van der Waals surface area contributed by atoms with E-state index in [0.29, 0.717) is 28.7 Å². The number of fused-ring (bicyclic) bond motifs is 3. The Morgan fingerprint density at radius 3 is 1.79 bits per heavy atom. The van der Waals surface area contributed by atoms with Crippen LogP contribution in [0.15, 0.2) is 146 Å². The third-order valence-electron chi connectivity index (χ3n) is 8.31. The fourth-order valence-electron chi connectivity index (χ4n) is 6.04. The third kappa shape index (κ3) is 4.97. The van der Waals surface area contributed by atoms with Crippen molar-refractivity contribution in [2.75, 3.05) is 0 Å². The lowest BCUT2D eigenvalue weighted by atomic mass is 10.0. The molecule has 0 aliphatic carbocycles. The molecular formula is C41H24N6. The number of para-hydroxylation sites is 1. The fourth-order valence-corrected chi connectivity index (χ4v) is 6.04. The summed E-state index contributed by atoms with van der Waals surface area (Å²) in [5.41, 5.74) is 8.58. The Kier molecular flexibility index (Phi) is 6.80. The van der Waals surface area contributed by atoms with E-state index in [0.717, 1.165) is 55.3 Å². The molecule has 218 valence electrons. The van der Waals surface area contributed by atoms with Crippen LogP contribution in [-0.4, -0.2) is 19.5 Å². The lowest BCUT2D eigenvalue weighted by molar-refractivity contribution is 1.06. The van der Waals surface area contributed by atoms with Crippen molar-refractivity contribution in [3.63, 3.8) is 0 Å². The molecule has 0 atom stereocenters. The molecule has 0 aliphatic rings. The van der Waals surface area contributed by atoms with E-state index in [1.54, 1.807) is 0 Å². The first-order valence-electron chi connectivity index (χ1n) is 15.1. The van der Waals surface area contributed by atoms with Gasteiger partial charge in [-0.3, -0.25) is 0 Å². The van der Waals surface area contributed by atoms with E-state index in [1.165, 1.54) is 0 Å². The summed E-state index contributed by atoms with van der Waals surface area (Å²) in [5, 5.41) is 12.2. The minimum Gasteiger partial charge on any atom is -0.308 e. The predicted octanol–water partition coefficient (Wildman–Crippen LogP) is 10.1. The molecular weight excluding hydrogens is 576 g/mol. The molecule has 0 unspecified atom stereocenters. The van der Waals surface area contributed by atoms with Crippen LogP contribution in [0.5, 0.6) is 0 Å². The van der Waals surface area contributed by atoms with Crippen LogP contribution >= 0.6 is 0 Å². The van der Waals surface area contributed by atoms with Gasteiger partial charge in [0.25, 0.3) is 0 Å². The molecule has 0 fully saturated rings. The van der Waals surface area contributed by atoms with E-state index in [9.17, 15) is 5.26 Å². The second-order valence-corrected chi connectivity index (χ2v) is 11.1. The first-order valence-corrected chi connectivity index (χ1v) is 15.1. The summed E-state index contributed by atoms with van der Waals surface area (Å²) in [4.78, 5) is 18.4. The minimum absolute atomic E-state index is 0.514. The van der Waals surface area contributed by atoms with Gasteiger partial charge in [0.15, 0.2) is 23.2 Å². The van der Waals surface area contributed by atoms with Gasteiger partial charge in [-0.15, -0.1) is 0 Å². The van der Waals surface area contributed by atoms with Crippen LogP contribution in [0.4, 0.5) is 5.69 Å². The van der Waals surface area contributed by atoms with Crippen molar-refractivity contribution in [1.29, 1.82) is 5.26 Å². The van der Waals surface area contributed by atoms with Gasteiger partial charge in [-0.1, -0.05) is 109 Å². The minimum atomic E-state index is 0.514. The topological polar surface area (TPSA) is 71.8 Å². The Bertz CT molecular complexity index is 2460.